The third kappa shape index (κ3) is 3.71. The molecular formula is C17H16O5. The van der Waals surface area contributed by atoms with Gasteiger partial charge in [-0.25, -0.2) is 9.59 Å². The van der Waals surface area contributed by atoms with Crippen molar-refractivity contribution in [1.82, 2.24) is 0 Å². The Morgan fingerprint density at radius 1 is 0.864 bits per heavy atom. The highest BCUT2D eigenvalue weighted by Crippen LogP contribution is 2.23. The van der Waals surface area contributed by atoms with Gasteiger partial charge in [0.05, 0.1) is 7.11 Å². The number of esters is 2. The van der Waals surface area contributed by atoms with Gasteiger partial charge in [0, 0.05) is 5.56 Å². The fourth-order valence-electron chi connectivity index (χ4n) is 1.94. The largest absolute Gasteiger partial charge is 0.466 e. The van der Waals surface area contributed by atoms with Gasteiger partial charge >= 0.3 is 11.9 Å². The van der Waals surface area contributed by atoms with Crippen molar-refractivity contribution in [3.8, 4) is 0 Å². The molecule has 2 atom stereocenters. The second-order valence-corrected chi connectivity index (χ2v) is 4.56. The van der Waals surface area contributed by atoms with Gasteiger partial charge in [-0.15, -0.1) is 0 Å². The number of aliphatic hydroxyl groups is 1. The molecule has 0 radical (unpaired) electrons. The molecule has 0 amide bonds. The first-order valence-corrected chi connectivity index (χ1v) is 6.69. The summed E-state index contributed by atoms with van der Waals surface area (Å²) in [6.45, 7) is 0. The number of aliphatic hydroxyl groups excluding tert-OH is 1. The van der Waals surface area contributed by atoms with E-state index in [1.807, 2.05) is 0 Å². The van der Waals surface area contributed by atoms with Crippen molar-refractivity contribution in [2.75, 3.05) is 7.11 Å². The van der Waals surface area contributed by atoms with Gasteiger partial charge in [-0.05, 0) is 5.56 Å². The Bertz CT molecular complexity index is 624. The lowest BCUT2D eigenvalue weighted by Gasteiger charge is -2.18. The second kappa shape index (κ2) is 7.38. The van der Waals surface area contributed by atoms with Gasteiger partial charge in [0.2, 0.25) is 6.10 Å². The van der Waals surface area contributed by atoms with Gasteiger partial charge in [-0.1, -0.05) is 60.7 Å². The van der Waals surface area contributed by atoms with Crippen LogP contribution in [-0.2, 0) is 19.1 Å². The van der Waals surface area contributed by atoms with E-state index in [2.05, 4.69) is 4.74 Å². The van der Waals surface area contributed by atoms with Gasteiger partial charge in [0.1, 0.15) is 0 Å². The Morgan fingerprint density at radius 2 is 1.36 bits per heavy atom. The molecule has 0 heterocycles. The summed E-state index contributed by atoms with van der Waals surface area (Å²) in [5.41, 5.74) is 0.868. The molecule has 2 rings (SSSR count). The zero-order valence-electron chi connectivity index (χ0n) is 12.0. The van der Waals surface area contributed by atoms with E-state index in [9.17, 15) is 14.7 Å². The minimum atomic E-state index is -1.46. The summed E-state index contributed by atoms with van der Waals surface area (Å²) in [6, 6.07) is 16.8. The molecule has 5 heteroatoms. The van der Waals surface area contributed by atoms with Gasteiger partial charge in [0.15, 0.2) is 6.10 Å². The maximum atomic E-state index is 12.1. The fourth-order valence-corrected chi connectivity index (χ4v) is 1.94. The van der Waals surface area contributed by atoms with E-state index in [0.717, 1.165) is 0 Å². The van der Waals surface area contributed by atoms with Crippen LogP contribution in [0.4, 0.5) is 0 Å². The van der Waals surface area contributed by atoms with Gasteiger partial charge in [-0.3, -0.25) is 0 Å². The average Bonchev–Trinajstić information content (AvgIpc) is 2.59. The van der Waals surface area contributed by atoms with E-state index < -0.39 is 24.1 Å². The van der Waals surface area contributed by atoms with E-state index >= 15 is 0 Å². The molecule has 0 unspecified atom stereocenters. The minimum Gasteiger partial charge on any atom is -0.466 e. The summed E-state index contributed by atoms with van der Waals surface area (Å²) in [4.78, 5) is 23.9. The van der Waals surface area contributed by atoms with Crippen LogP contribution in [0.3, 0.4) is 0 Å². The number of ether oxygens (including phenoxy) is 2. The summed E-state index contributed by atoms with van der Waals surface area (Å²) in [5, 5.41) is 10.0. The van der Waals surface area contributed by atoms with E-state index in [0.29, 0.717) is 11.1 Å². The van der Waals surface area contributed by atoms with Gasteiger partial charge < -0.3 is 14.6 Å². The Kier molecular flexibility index (Phi) is 5.27. The predicted octanol–water partition coefficient (Wildman–Crippen LogP) is 2.18. The molecule has 22 heavy (non-hydrogen) atoms. The van der Waals surface area contributed by atoms with Crippen molar-refractivity contribution in [3.05, 3.63) is 71.8 Å². The van der Waals surface area contributed by atoms with Crippen molar-refractivity contribution in [2.24, 2.45) is 0 Å². The topological polar surface area (TPSA) is 72.8 Å². The smallest absolute Gasteiger partial charge is 0.351 e. The minimum absolute atomic E-state index is 0.393. The molecule has 0 aliphatic heterocycles. The highest BCUT2D eigenvalue weighted by Gasteiger charge is 2.29. The predicted molar refractivity (Wildman–Crippen MR) is 78.7 cm³/mol. The van der Waals surface area contributed by atoms with Crippen molar-refractivity contribution in [2.45, 2.75) is 12.2 Å². The van der Waals surface area contributed by atoms with Crippen LogP contribution in [0.2, 0.25) is 0 Å². The SMILES string of the molecule is COC(=O)[C@@H](OC(=O)[C@@H](O)c1ccccc1)c1ccccc1. The van der Waals surface area contributed by atoms with Crippen LogP contribution in [0.1, 0.15) is 23.3 Å². The monoisotopic (exact) mass is 300 g/mol. The standard InChI is InChI=1S/C17H16O5/c1-21-17(20)15(13-10-6-3-7-11-13)22-16(19)14(18)12-8-4-2-5-9-12/h2-11,14-15,18H,1H3/t14-,15-/m0/s1. The normalized spacial score (nSPS) is 13.0. The zero-order chi connectivity index (χ0) is 15.9. The number of hydrogen-bond donors (Lipinski definition) is 1. The van der Waals surface area contributed by atoms with E-state index in [1.165, 1.54) is 7.11 Å². The van der Waals surface area contributed by atoms with Crippen LogP contribution in [-0.4, -0.2) is 24.2 Å². The maximum absolute atomic E-state index is 12.1. The van der Waals surface area contributed by atoms with Crippen molar-refractivity contribution >= 4 is 11.9 Å². The molecule has 5 nitrogen and oxygen atoms in total. The van der Waals surface area contributed by atoms with Crippen LogP contribution in [0.5, 0.6) is 0 Å². The number of carbonyl (C=O) groups is 2. The Morgan fingerprint density at radius 3 is 1.86 bits per heavy atom. The highest BCUT2D eigenvalue weighted by atomic mass is 16.6. The van der Waals surface area contributed by atoms with E-state index in [1.54, 1.807) is 60.7 Å². The first kappa shape index (κ1) is 15.7. The van der Waals surface area contributed by atoms with Crippen LogP contribution in [0.15, 0.2) is 60.7 Å². The van der Waals surface area contributed by atoms with E-state index in [4.69, 9.17) is 4.74 Å². The average molecular weight is 300 g/mol. The lowest BCUT2D eigenvalue weighted by molar-refractivity contribution is -0.172. The molecule has 0 spiro atoms. The van der Waals surface area contributed by atoms with Crippen molar-refractivity contribution < 1.29 is 24.2 Å². The Hall–Kier alpha value is -2.66. The molecule has 114 valence electrons. The molecule has 0 saturated carbocycles. The van der Waals surface area contributed by atoms with Crippen molar-refractivity contribution in [1.29, 1.82) is 0 Å². The summed E-state index contributed by atoms with van der Waals surface area (Å²) in [7, 11) is 1.21. The fraction of sp³-hybridized carbons (Fsp3) is 0.176. The first-order valence-electron chi connectivity index (χ1n) is 6.69. The first-order chi connectivity index (χ1) is 10.6. The lowest BCUT2D eigenvalue weighted by atomic mass is 10.1. The van der Waals surface area contributed by atoms with Crippen molar-refractivity contribution in [3.63, 3.8) is 0 Å². The molecule has 1 N–H and O–H groups in total. The lowest BCUT2D eigenvalue weighted by Crippen LogP contribution is -2.24. The summed E-state index contributed by atoms with van der Waals surface area (Å²) >= 11 is 0. The molecule has 0 aliphatic rings. The number of rotatable bonds is 5. The van der Waals surface area contributed by atoms with Crippen LogP contribution in [0.25, 0.3) is 0 Å². The zero-order valence-corrected chi connectivity index (χ0v) is 12.0. The quantitative estimate of drug-likeness (QED) is 0.857. The third-order valence-corrected chi connectivity index (χ3v) is 3.09. The van der Waals surface area contributed by atoms with Crippen LogP contribution < -0.4 is 0 Å². The Labute approximate surface area is 128 Å². The molecule has 0 fully saturated rings. The number of benzene rings is 2. The third-order valence-electron chi connectivity index (χ3n) is 3.09. The van der Waals surface area contributed by atoms with Crippen LogP contribution in [0, 0.1) is 0 Å². The molecule has 0 aliphatic carbocycles. The number of methoxy groups -OCH3 is 1. The van der Waals surface area contributed by atoms with E-state index in [-0.39, 0.29) is 0 Å². The summed E-state index contributed by atoms with van der Waals surface area (Å²) < 4.78 is 9.80. The van der Waals surface area contributed by atoms with Crippen LogP contribution >= 0.6 is 0 Å². The van der Waals surface area contributed by atoms with Gasteiger partial charge in [0.25, 0.3) is 0 Å². The molecule has 2 aromatic rings. The van der Waals surface area contributed by atoms with Gasteiger partial charge in [-0.2, -0.15) is 0 Å². The second-order valence-electron chi connectivity index (χ2n) is 4.56. The number of hydrogen-bond acceptors (Lipinski definition) is 5. The molecule has 0 saturated heterocycles. The molecule has 2 aromatic carbocycles. The molecule has 0 aromatic heterocycles. The summed E-state index contributed by atoms with van der Waals surface area (Å²) in [5.74, 6) is -1.62. The highest BCUT2D eigenvalue weighted by molar-refractivity contribution is 5.83. The summed E-state index contributed by atoms with van der Waals surface area (Å²) in [6.07, 6.45) is -2.67. The number of carbonyl (C=O) groups excluding carboxylic acids is 2. The molecular weight excluding hydrogens is 284 g/mol. The maximum Gasteiger partial charge on any atom is 0.351 e. The Balaban J connectivity index is 2.17. The molecule has 0 bridgehead atoms.